The summed E-state index contributed by atoms with van der Waals surface area (Å²) >= 11 is 0. The predicted octanol–water partition coefficient (Wildman–Crippen LogP) is 1.09. The second-order valence-corrected chi connectivity index (χ2v) is 4.04. The highest BCUT2D eigenvalue weighted by atomic mass is 16.5. The maximum absolute atomic E-state index is 5.64. The van der Waals surface area contributed by atoms with E-state index in [1.165, 1.54) is 5.56 Å². The van der Waals surface area contributed by atoms with Gasteiger partial charge in [0.25, 0.3) is 0 Å². The summed E-state index contributed by atoms with van der Waals surface area (Å²) in [6.07, 6.45) is 2.57. The van der Waals surface area contributed by atoms with Crippen LogP contribution in [0.25, 0.3) is 11.4 Å². The van der Waals surface area contributed by atoms with Crippen molar-refractivity contribution in [3.8, 4) is 11.4 Å². The maximum atomic E-state index is 5.64. The van der Waals surface area contributed by atoms with Crippen molar-refractivity contribution in [1.82, 2.24) is 14.8 Å². The van der Waals surface area contributed by atoms with Gasteiger partial charge in [0.15, 0.2) is 5.82 Å². The first-order chi connectivity index (χ1) is 8.86. The molecule has 0 bridgehead atoms. The SMILES string of the molecule is COCCn1cnnc1-c1ccccc1CCN. The fourth-order valence-electron chi connectivity index (χ4n) is 1.93. The molecule has 1 aromatic heterocycles. The Hall–Kier alpha value is -1.72. The molecule has 0 aliphatic rings. The molecule has 0 unspecified atom stereocenters. The Morgan fingerprint density at radius 1 is 1.33 bits per heavy atom. The molecule has 0 aliphatic heterocycles. The molecule has 0 fully saturated rings. The van der Waals surface area contributed by atoms with Crippen molar-refractivity contribution in [3.63, 3.8) is 0 Å². The Morgan fingerprint density at radius 2 is 2.17 bits per heavy atom. The molecule has 5 heteroatoms. The highest BCUT2D eigenvalue weighted by Gasteiger charge is 2.10. The largest absolute Gasteiger partial charge is 0.383 e. The van der Waals surface area contributed by atoms with Crippen LogP contribution in [0.4, 0.5) is 0 Å². The third-order valence-electron chi connectivity index (χ3n) is 2.82. The van der Waals surface area contributed by atoms with Gasteiger partial charge in [0.2, 0.25) is 0 Å². The lowest BCUT2D eigenvalue weighted by Crippen LogP contribution is -2.08. The minimum Gasteiger partial charge on any atom is -0.383 e. The van der Waals surface area contributed by atoms with E-state index in [-0.39, 0.29) is 0 Å². The minimum absolute atomic E-state index is 0.628. The highest BCUT2D eigenvalue weighted by Crippen LogP contribution is 2.21. The summed E-state index contributed by atoms with van der Waals surface area (Å²) in [5, 5.41) is 8.18. The van der Waals surface area contributed by atoms with E-state index in [0.29, 0.717) is 13.2 Å². The van der Waals surface area contributed by atoms with Crippen molar-refractivity contribution < 1.29 is 4.74 Å². The van der Waals surface area contributed by atoms with E-state index >= 15 is 0 Å². The summed E-state index contributed by atoms with van der Waals surface area (Å²) in [5.41, 5.74) is 7.93. The van der Waals surface area contributed by atoms with Crippen LogP contribution in [-0.4, -0.2) is 35.0 Å². The molecule has 5 nitrogen and oxygen atoms in total. The smallest absolute Gasteiger partial charge is 0.164 e. The van der Waals surface area contributed by atoms with Crippen LogP contribution in [0.3, 0.4) is 0 Å². The van der Waals surface area contributed by atoms with Crippen LogP contribution < -0.4 is 5.73 Å². The molecule has 1 heterocycles. The first-order valence-electron chi connectivity index (χ1n) is 6.02. The molecule has 0 spiro atoms. The zero-order valence-corrected chi connectivity index (χ0v) is 10.5. The predicted molar refractivity (Wildman–Crippen MR) is 70.1 cm³/mol. The molecule has 2 N–H and O–H groups in total. The van der Waals surface area contributed by atoms with Crippen LogP contribution >= 0.6 is 0 Å². The Kier molecular flexibility index (Phi) is 4.44. The van der Waals surface area contributed by atoms with Crippen molar-refractivity contribution in [3.05, 3.63) is 36.2 Å². The number of hydrogen-bond acceptors (Lipinski definition) is 4. The second-order valence-electron chi connectivity index (χ2n) is 4.04. The number of benzene rings is 1. The van der Waals surface area contributed by atoms with Crippen LogP contribution in [0.1, 0.15) is 5.56 Å². The van der Waals surface area contributed by atoms with Gasteiger partial charge in [-0.05, 0) is 18.5 Å². The summed E-state index contributed by atoms with van der Waals surface area (Å²) in [6.45, 7) is 2.02. The molecule has 2 rings (SSSR count). The molecule has 0 saturated heterocycles. The van der Waals surface area contributed by atoms with Crippen LogP contribution in [0, 0.1) is 0 Å². The minimum atomic E-state index is 0.628. The number of methoxy groups -OCH3 is 1. The van der Waals surface area contributed by atoms with Crippen LogP contribution in [-0.2, 0) is 17.7 Å². The van der Waals surface area contributed by atoms with Gasteiger partial charge >= 0.3 is 0 Å². The highest BCUT2D eigenvalue weighted by molar-refractivity contribution is 5.60. The lowest BCUT2D eigenvalue weighted by Gasteiger charge is -2.10. The monoisotopic (exact) mass is 246 g/mol. The van der Waals surface area contributed by atoms with E-state index < -0.39 is 0 Å². The average Bonchev–Trinajstić information content (AvgIpc) is 2.85. The van der Waals surface area contributed by atoms with E-state index in [0.717, 1.165) is 24.4 Å². The van der Waals surface area contributed by atoms with Crippen LogP contribution in [0.5, 0.6) is 0 Å². The first-order valence-corrected chi connectivity index (χ1v) is 6.02. The van der Waals surface area contributed by atoms with Gasteiger partial charge in [-0.3, -0.25) is 0 Å². The quantitative estimate of drug-likeness (QED) is 0.828. The molecular formula is C13H18N4O. The van der Waals surface area contributed by atoms with Crippen molar-refractivity contribution in [2.45, 2.75) is 13.0 Å². The number of rotatable bonds is 6. The zero-order chi connectivity index (χ0) is 12.8. The fraction of sp³-hybridized carbons (Fsp3) is 0.385. The zero-order valence-electron chi connectivity index (χ0n) is 10.5. The van der Waals surface area contributed by atoms with Gasteiger partial charge in [-0.25, -0.2) is 0 Å². The van der Waals surface area contributed by atoms with Gasteiger partial charge < -0.3 is 15.0 Å². The number of hydrogen-bond donors (Lipinski definition) is 1. The van der Waals surface area contributed by atoms with Crippen molar-refractivity contribution in [2.24, 2.45) is 5.73 Å². The summed E-state index contributed by atoms with van der Waals surface area (Å²) in [7, 11) is 1.69. The lowest BCUT2D eigenvalue weighted by atomic mass is 10.0. The van der Waals surface area contributed by atoms with Crippen molar-refractivity contribution in [1.29, 1.82) is 0 Å². The van der Waals surface area contributed by atoms with Gasteiger partial charge in [0.1, 0.15) is 6.33 Å². The molecule has 1 aromatic carbocycles. The second kappa shape index (κ2) is 6.28. The normalized spacial score (nSPS) is 10.8. The molecule has 0 amide bonds. The van der Waals surface area contributed by atoms with Gasteiger partial charge in [-0.1, -0.05) is 24.3 Å². The standard InChI is InChI=1S/C13H18N4O/c1-18-9-8-17-10-15-16-13(17)12-5-3-2-4-11(12)6-7-14/h2-5,10H,6-9,14H2,1H3. The van der Waals surface area contributed by atoms with Gasteiger partial charge in [0.05, 0.1) is 6.61 Å². The summed E-state index contributed by atoms with van der Waals surface area (Å²) in [4.78, 5) is 0. The maximum Gasteiger partial charge on any atom is 0.164 e. The Morgan fingerprint density at radius 3 is 2.94 bits per heavy atom. The topological polar surface area (TPSA) is 66.0 Å². The molecular weight excluding hydrogens is 228 g/mol. The van der Waals surface area contributed by atoms with Crippen LogP contribution in [0.2, 0.25) is 0 Å². The lowest BCUT2D eigenvalue weighted by molar-refractivity contribution is 0.187. The van der Waals surface area contributed by atoms with Crippen molar-refractivity contribution in [2.75, 3.05) is 20.3 Å². The Balaban J connectivity index is 2.33. The van der Waals surface area contributed by atoms with E-state index in [4.69, 9.17) is 10.5 Å². The van der Waals surface area contributed by atoms with Gasteiger partial charge in [-0.15, -0.1) is 10.2 Å². The Bertz CT molecular complexity index is 495. The summed E-state index contributed by atoms with van der Waals surface area (Å²) < 4.78 is 7.09. The van der Waals surface area contributed by atoms with E-state index in [9.17, 15) is 0 Å². The van der Waals surface area contributed by atoms with Crippen LogP contribution in [0.15, 0.2) is 30.6 Å². The van der Waals surface area contributed by atoms with E-state index in [1.54, 1.807) is 13.4 Å². The van der Waals surface area contributed by atoms with Gasteiger partial charge in [-0.2, -0.15) is 0 Å². The number of nitrogens with two attached hydrogens (primary N) is 1. The first kappa shape index (κ1) is 12.7. The van der Waals surface area contributed by atoms with E-state index in [1.807, 2.05) is 16.7 Å². The molecule has 96 valence electrons. The van der Waals surface area contributed by atoms with E-state index in [2.05, 4.69) is 22.3 Å². The number of nitrogens with zero attached hydrogens (tertiary/aromatic N) is 3. The summed E-state index contributed by atoms with van der Waals surface area (Å²) in [6, 6.07) is 8.16. The third-order valence-corrected chi connectivity index (χ3v) is 2.82. The molecule has 0 atom stereocenters. The molecule has 0 radical (unpaired) electrons. The molecule has 0 saturated carbocycles. The Labute approximate surface area is 107 Å². The average molecular weight is 246 g/mol. The molecule has 0 aliphatic carbocycles. The summed E-state index contributed by atoms with van der Waals surface area (Å²) in [5.74, 6) is 0.871. The number of aromatic nitrogens is 3. The fourth-order valence-corrected chi connectivity index (χ4v) is 1.93. The molecule has 18 heavy (non-hydrogen) atoms. The molecule has 2 aromatic rings. The third kappa shape index (κ3) is 2.75. The van der Waals surface area contributed by atoms with Crippen molar-refractivity contribution >= 4 is 0 Å². The van der Waals surface area contributed by atoms with Gasteiger partial charge in [0, 0.05) is 19.2 Å². The number of ether oxygens (including phenoxy) is 1.